The molecule has 5 heteroatoms. The van der Waals surface area contributed by atoms with Gasteiger partial charge in [-0.25, -0.2) is 0 Å². The number of halogens is 2. The molecule has 0 aromatic heterocycles. The second kappa shape index (κ2) is 4.15. The lowest BCUT2D eigenvalue weighted by atomic mass is 10.2. The van der Waals surface area contributed by atoms with Crippen LogP contribution in [0.2, 0.25) is 0 Å². The van der Waals surface area contributed by atoms with Crippen LogP contribution in [0.3, 0.4) is 0 Å². The van der Waals surface area contributed by atoms with Crippen molar-refractivity contribution in [3.8, 4) is 0 Å². The Balaban J connectivity index is 2.74. The zero-order valence-corrected chi connectivity index (χ0v) is 7.49. The molecule has 0 aliphatic carbocycles. The van der Waals surface area contributed by atoms with Crippen LogP contribution in [0.4, 0.5) is 4.39 Å². The fraction of sp³-hybridized carbons (Fsp3) is 0.143. The van der Waals surface area contributed by atoms with Gasteiger partial charge in [-0.05, 0) is 12.1 Å². The zero-order chi connectivity index (χ0) is 8.97. The van der Waals surface area contributed by atoms with Gasteiger partial charge in [0.1, 0.15) is 0 Å². The van der Waals surface area contributed by atoms with Crippen LogP contribution < -0.4 is 0 Å². The zero-order valence-electron chi connectivity index (χ0n) is 5.91. The Hall–Kier alpha value is -0.970. The first-order valence-corrected chi connectivity index (χ1v) is 3.91. The number of alkyl halides is 1. The minimum Gasteiger partial charge on any atom is -0.321 e. The predicted molar refractivity (Wildman–Crippen MR) is 44.9 cm³/mol. The summed E-state index contributed by atoms with van der Waals surface area (Å²) in [5.74, 6) is 0. The summed E-state index contributed by atoms with van der Waals surface area (Å²) in [6.07, 6.45) is -1.78. The molecule has 1 rings (SSSR count). The van der Waals surface area contributed by atoms with Crippen molar-refractivity contribution in [3.05, 3.63) is 39.2 Å². The van der Waals surface area contributed by atoms with Gasteiger partial charge in [0, 0.05) is 10.0 Å². The lowest BCUT2D eigenvalue weighted by Gasteiger charge is -2.02. The Morgan fingerprint density at radius 1 is 1.42 bits per heavy atom. The highest BCUT2D eigenvalue weighted by molar-refractivity contribution is 9.10. The highest BCUT2D eigenvalue weighted by Crippen LogP contribution is 2.20. The van der Waals surface area contributed by atoms with E-state index in [1.165, 1.54) is 12.1 Å². The molecule has 0 saturated carbocycles. The summed E-state index contributed by atoms with van der Waals surface area (Å²) in [5.41, 5.74) is 0.262. The maximum absolute atomic E-state index is 12.7. The molecule has 0 heterocycles. The molecule has 64 valence electrons. The van der Waals surface area contributed by atoms with Gasteiger partial charge in [-0.2, -0.15) is 4.39 Å². The number of benzene rings is 1. The van der Waals surface area contributed by atoms with Crippen molar-refractivity contribution in [1.29, 1.82) is 0 Å². The molecule has 0 radical (unpaired) electrons. The predicted octanol–water partition coefficient (Wildman–Crippen LogP) is 3.12. The van der Waals surface area contributed by atoms with Crippen LogP contribution in [0.25, 0.3) is 0 Å². The third-order valence-corrected chi connectivity index (χ3v) is 1.80. The van der Waals surface area contributed by atoms with E-state index in [1.807, 2.05) is 5.34 Å². The van der Waals surface area contributed by atoms with Crippen LogP contribution in [0.5, 0.6) is 0 Å². The van der Waals surface area contributed by atoms with Gasteiger partial charge in [-0.3, -0.25) is 0 Å². The van der Waals surface area contributed by atoms with Crippen molar-refractivity contribution in [2.75, 3.05) is 0 Å². The molecule has 1 atom stereocenters. The summed E-state index contributed by atoms with van der Waals surface area (Å²) in [6, 6.07) is 6.30. The number of rotatable bonds is 3. The van der Waals surface area contributed by atoms with Gasteiger partial charge in [-0.15, -0.1) is 4.91 Å². The molecule has 0 spiro atoms. The molecule has 0 fully saturated rings. The molecular formula is C7H5BrFNO2. The fourth-order valence-corrected chi connectivity index (χ4v) is 0.977. The molecule has 0 aliphatic rings. The Bertz CT molecular complexity index is 265. The van der Waals surface area contributed by atoms with Crippen molar-refractivity contribution in [2.24, 2.45) is 5.34 Å². The van der Waals surface area contributed by atoms with Gasteiger partial charge in [0.2, 0.25) is 0 Å². The van der Waals surface area contributed by atoms with E-state index in [9.17, 15) is 9.30 Å². The topological polar surface area (TPSA) is 38.7 Å². The fourth-order valence-electron chi connectivity index (χ4n) is 0.713. The standard InChI is InChI=1S/C7H5BrFNO2/c8-6-3-1-5(2-4-6)7(9)12-10-11/h1-4,7H. The summed E-state index contributed by atoms with van der Waals surface area (Å²) in [7, 11) is 0. The average molecular weight is 234 g/mol. The van der Waals surface area contributed by atoms with Crippen molar-refractivity contribution in [2.45, 2.75) is 6.36 Å². The number of nitrogens with zero attached hydrogens (tertiary/aromatic N) is 1. The Morgan fingerprint density at radius 3 is 2.50 bits per heavy atom. The molecule has 0 amide bonds. The van der Waals surface area contributed by atoms with E-state index in [2.05, 4.69) is 20.8 Å². The number of hydrogen-bond donors (Lipinski definition) is 0. The monoisotopic (exact) mass is 233 g/mol. The maximum atomic E-state index is 12.7. The van der Waals surface area contributed by atoms with Gasteiger partial charge in [0.25, 0.3) is 6.36 Å². The van der Waals surface area contributed by atoms with Gasteiger partial charge >= 0.3 is 0 Å². The van der Waals surface area contributed by atoms with Crippen molar-refractivity contribution in [3.63, 3.8) is 0 Å². The first-order chi connectivity index (χ1) is 5.74. The van der Waals surface area contributed by atoms with E-state index in [1.54, 1.807) is 12.1 Å². The molecule has 0 aliphatic heterocycles. The molecule has 0 N–H and O–H groups in total. The highest BCUT2D eigenvalue weighted by atomic mass is 79.9. The summed E-state index contributed by atoms with van der Waals surface area (Å²) in [6.45, 7) is 0. The van der Waals surface area contributed by atoms with Crippen molar-refractivity contribution >= 4 is 15.9 Å². The molecule has 0 saturated heterocycles. The van der Waals surface area contributed by atoms with E-state index in [4.69, 9.17) is 0 Å². The van der Waals surface area contributed by atoms with Gasteiger partial charge in [0.15, 0.2) is 5.34 Å². The first kappa shape index (κ1) is 9.12. The lowest BCUT2D eigenvalue weighted by molar-refractivity contribution is -0.0412. The minimum atomic E-state index is -1.78. The first-order valence-electron chi connectivity index (χ1n) is 3.12. The second-order valence-corrected chi connectivity index (χ2v) is 2.96. The molecule has 1 aromatic carbocycles. The van der Waals surface area contributed by atoms with Crippen LogP contribution >= 0.6 is 15.9 Å². The molecule has 0 bridgehead atoms. The van der Waals surface area contributed by atoms with E-state index in [-0.39, 0.29) is 5.56 Å². The second-order valence-electron chi connectivity index (χ2n) is 2.05. The van der Waals surface area contributed by atoms with Crippen molar-refractivity contribution < 1.29 is 9.23 Å². The molecular weight excluding hydrogens is 229 g/mol. The smallest absolute Gasteiger partial charge is 0.292 e. The minimum absolute atomic E-state index is 0.262. The molecule has 1 aromatic rings. The summed E-state index contributed by atoms with van der Waals surface area (Å²) >= 11 is 3.19. The SMILES string of the molecule is O=NOC(F)c1ccc(Br)cc1. The summed E-state index contributed by atoms with van der Waals surface area (Å²) in [5, 5.41) is 2.00. The largest absolute Gasteiger partial charge is 0.321 e. The maximum Gasteiger partial charge on any atom is 0.292 e. The summed E-state index contributed by atoms with van der Waals surface area (Å²) < 4.78 is 13.6. The van der Waals surface area contributed by atoms with Gasteiger partial charge in [-0.1, -0.05) is 28.1 Å². The Labute approximate surface area is 76.6 Å². The molecule has 1 unspecified atom stereocenters. The number of hydrogen-bond acceptors (Lipinski definition) is 3. The van der Waals surface area contributed by atoms with Crippen LogP contribution in [-0.4, -0.2) is 0 Å². The van der Waals surface area contributed by atoms with Gasteiger partial charge < -0.3 is 4.84 Å². The average Bonchev–Trinajstić information content (AvgIpc) is 2.06. The third kappa shape index (κ3) is 2.27. The van der Waals surface area contributed by atoms with Crippen LogP contribution in [-0.2, 0) is 4.84 Å². The van der Waals surface area contributed by atoms with Crippen LogP contribution in [0.15, 0.2) is 34.1 Å². The summed E-state index contributed by atoms with van der Waals surface area (Å²) in [4.78, 5) is 13.4. The van der Waals surface area contributed by atoms with Crippen LogP contribution in [0, 0.1) is 4.91 Å². The lowest BCUT2D eigenvalue weighted by Crippen LogP contribution is -1.91. The highest BCUT2D eigenvalue weighted by Gasteiger charge is 2.09. The van der Waals surface area contributed by atoms with Gasteiger partial charge in [0.05, 0.1) is 0 Å². The van der Waals surface area contributed by atoms with Crippen LogP contribution in [0.1, 0.15) is 11.9 Å². The molecule has 3 nitrogen and oxygen atoms in total. The third-order valence-electron chi connectivity index (χ3n) is 1.27. The molecule has 12 heavy (non-hydrogen) atoms. The Kier molecular flexibility index (Phi) is 3.16. The van der Waals surface area contributed by atoms with E-state index in [0.717, 1.165) is 4.47 Å². The quantitative estimate of drug-likeness (QED) is 0.595. The van der Waals surface area contributed by atoms with E-state index >= 15 is 0 Å². The van der Waals surface area contributed by atoms with E-state index in [0.29, 0.717) is 0 Å². The van der Waals surface area contributed by atoms with E-state index < -0.39 is 6.36 Å². The Morgan fingerprint density at radius 2 is 2.00 bits per heavy atom. The normalized spacial score (nSPS) is 12.2. The van der Waals surface area contributed by atoms with Crippen molar-refractivity contribution in [1.82, 2.24) is 0 Å².